The van der Waals surface area contributed by atoms with Gasteiger partial charge in [0.2, 0.25) is 5.91 Å². The highest BCUT2D eigenvalue weighted by Gasteiger charge is 2.26. The number of amides is 1. The van der Waals surface area contributed by atoms with Gasteiger partial charge in [-0.25, -0.2) is 4.98 Å². The highest BCUT2D eigenvalue weighted by atomic mass is 16.2. The highest BCUT2D eigenvalue weighted by Crippen LogP contribution is 2.25. The van der Waals surface area contributed by atoms with Crippen molar-refractivity contribution in [3.63, 3.8) is 0 Å². The second kappa shape index (κ2) is 5.48. The van der Waals surface area contributed by atoms with Gasteiger partial charge in [0.25, 0.3) is 0 Å². The van der Waals surface area contributed by atoms with Crippen LogP contribution in [0.1, 0.15) is 52.5 Å². The number of hydrogen-bond donors (Lipinski definition) is 2. The molecule has 1 unspecified atom stereocenters. The second-order valence-electron chi connectivity index (χ2n) is 6.34. The van der Waals surface area contributed by atoms with E-state index in [2.05, 4.69) is 28.7 Å². The molecule has 2 aromatic rings. The minimum atomic E-state index is -0.900. The Balaban J connectivity index is 2.41. The van der Waals surface area contributed by atoms with Gasteiger partial charge in [-0.05, 0) is 46.8 Å². The molecule has 114 valence electrons. The number of nitrogens with one attached hydrogen (secondary N) is 1. The van der Waals surface area contributed by atoms with Gasteiger partial charge < -0.3 is 15.6 Å². The topological polar surface area (TPSA) is 72.9 Å². The van der Waals surface area contributed by atoms with Crippen LogP contribution in [-0.4, -0.2) is 21.0 Å². The summed E-state index contributed by atoms with van der Waals surface area (Å²) in [7, 11) is 0. The first-order valence-corrected chi connectivity index (χ1v) is 7.28. The van der Waals surface area contributed by atoms with Crippen LogP contribution in [0.25, 0.3) is 11.0 Å². The van der Waals surface area contributed by atoms with Crippen LogP contribution >= 0.6 is 0 Å². The van der Waals surface area contributed by atoms with Crippen LogP contribution in [0.4, 0.5) is 0 Å². The van der Waals surface area contributed by atoms with Crippen molar-refractivity contribution in [1.82, 2.24) is 14.9 Å². The maximum absolute atomic E-state index is 12.1. The normalized spacial score (nSPS) is 13.7. The lowest BCUT2D eigenvalue weighted by atomic mass is 10.1. The van der Waals surface area contributed by atoms with E-state index in [1.54, 1.807) is 13.8 Å². The van der Waals surface area contributed by atoms with Crippen molar-refractivity contribution in [2.24, 2.45) is 5.73 Å². The number of aromatic nitrogens is 2. The fourth-order valence-electron chi connectivity index (χ4n) is 2.36. The zero-order valence-corrected chi connectivity index (χ0v) is 13.3. The first kappa shape index (κ1) is 15.5. The number of rotatable bonds is 4. The van der Waals surface area contributed by atoms with E-state index in [1.165, 1.54) is 0 Å². The number of nitrogens with two attached hydrogens (primary N) is 1. The van der Waals surface area contributed by atoms with Gasteiger partial charge in [-0.15, -0.1) is 0 Å². The van der Waals surface area contributed by atoms with Gasteiger partial charge in [-0.3, -0.25) is 4.79 Å². The number of fused-ring (bicyclic) bond motifs is 1. The van der Waals surface area contributed by atoms with Gasteiger partial charge in [0.15, 0.2) is 0 Å². The smallest absolute Gasteiger partial charge is 0.240 e. The number of carbonyl (C=O) groups is 1. The van der Waals surface area contributed by atoms with E-state index in [9.17, 15) is 4.79 Å². The molecule has 0 saturated heterocycles. The molecule has 5 nitrogen and oxygen atoms in total. The highest BCUT2D eigenvalue weighted by molar-refractivity contribution is 5.85. The Morgan fingerprint density at radius 2 is 1.90 bits per heavy atom. The van der Waals surface area contributed by atoms with E-state index in [0.29, 0.717) is 0 Å². The van der Waals surface area contributed by atoms with Crippen LogP contribution in [0.3, 0.4) is 0 Å². The molecule has 21 heavy (non-hydrogen) atoms. The molecule has 1 heterocycles. The molecule has 0 fully saturated rings. The van der Waals surface area contributed by atoms with Gasteiger partial charge >= 0.3 is 0 Å². The minimum absolute atomic E-state index is 0.183. The summed E-state index contributed by atoms with van der Waals surface area (Å²) < 4.78 is 2.16. The second-order valence-corrected chi connectivity index (χ2v) is 6.34. The zero-order valence-electron chi connectivity index (χ0n) is 13.3. The standard InChI is InChI=1S/C16H24N4O/c1-10(2)20-13-9-7-6-8-12(13)19-14(20)11(3)18-15(21)16(4,5)17/h6-11H,17H2,1-5H3,(H,18,21). The van der Waals surface area contributed by atoms with E-state index >= 15 is 0 Å². The quantitative estimate of drug-likeness (QED) is 0.908. The molecule has 5 heteroatoms. The van der Waals surface area contributed by atoms with E-state index in [4.69, 9.17) is 5.73 Å². The van der Waals surface area contributed by atoms with Crippen molar-refractivity contribution in [3.05, 3.63) is 30.1 Å². The molecule has 0 radical (unpaired) electrons. The first-order chi connectivity index (χ1) is 9.71. The molecule has 1 amide bonds. The van der Waals surface area contributed by atoms with Crippen LogP contribution in [0.2, 0.25) is 0 Å². The summed E-state index contributed by atoms with van der Waals surface area (Å²) in [6, 6.07) is 8.06. The van der Waals surface area contributed by atoms with Crippen LogP contribution in [0.15, 0.2) is 24.3 Å². The van der Waals surface area contributed by atoms with Crippen molar-refractivity contribution >= 4 is 16.9 Å². The van der Waals surface area contributed by atoms with Crippen LogP contribution in [0, 0.1) is 0 Å². The SMILES string of the molecule is CC(NC(=O)C(C)(C)N)c1nc2ccccc2n1C(C)C. The summed E-state index contributed by atoms with van der Waals surface area (Å²) in [5.41, 5.74) is 6.96. The Labute approximate surface area is 125 Å². The molecule has 3 N–H and O–H groups in total. The number of para-hydroxylation sites is 2. The monoisotopic (exact) mass is 288 g/mol. The fourth-order valence-corrected chi connectivity index (χ4v) is 2.36. The third kappa shape index (κ3) is 3.08. The van der Waals surface area contributed by atoms with E-state index in [-0.39, 0.29) is 18.0 Å². The van der Waals surface area contributed by atoms with E-state index < -0.39 is 5.54 Å². The fraction of sp³-hybridized carbons (Fsp3) is 0.500. The van der Waals surface area contributed by atoms with Crippen molar-refractivity contribution in [2.45, 2.75) is 52.2 Å². The molecule has 0 bridgehead atoms. The molecule has 1 atom stereocenters. The largest absolute Gasteiger partial charge is 0.345 e. The Morgan fingerprint density at radius 3 is 2.48 bits per heavy atom. The summed E-state index contributed by atoms with van der Waals surface area (Å²) in [6.07, 6.45) is 0. The number of benzene rings is 1. The Bertz CT molecular complexity index is 652. The molecule has 1 aromatic heterocycles. The molecule has 2 rings (SSSR count). The molecule has 0 spiro atoms. The van der Waals surface area contributed by atoms with E-state index in [0.717, 1.165) is 16.9 Å². The average molecular weight is 288 g/mol. The summed E-state index contributed by atoms with van der Waals surface area (Å²) in [6.45, 7) is 9.54. The minimum Gasteiger partial charge on any atom is -0.345 e. The number of hydrogen-bond acceptors (Lipinski definition) is 3. The maximum Gasteiger partial charge on any atom is 0.240 e. The molecule has 0 aliphatic heterocycles. The van der Waals surface area contributed by atoms with Crippen molar-refractivity contribution in [1.29, 1.82) is 0 Å². The van der Waals surface area contributed by atoms with Gasteiger partial charge in [0, 0.05) is 6.04 Å². The van der Waals surface area contributed by atoms with Crippen molar-refractivity contribution < 1.29 is 4.79 Å². The lowest BCUT2D eigenvalue weighted by Crippen LogP contribution is -2.49. The average Bonchev–Trinajstić information content (AvgIpc) is 2.76. The van der Waals surface area contributed by atoms with Crippen molar-refractivity contribution in [3.8, 4) is 0 Å². The Morgan fingerprint density at radius 1 is 1.29 bits per heavy atom. The van der Waals surface area contributed by atoms with Gasteiger partial charge in [-0.1, -0.05) is 12.1 Å². The van der Waals surface area contributed by atoms with Gasteiger partial charge in [-0.2, -0.15) is 0 Å². The summed E-state index contributed by atoms with van der Waals surface area (Å²) in [5, 5.41) is 2.95. The van der Waals surface area contributed by atoms with Crippen LogP contribution < -0.4 is 11.1 Å². The number of imidazole rings is 1. The number of carbonyl (C=O) groups excluding carboxylic acids is 1. The summed E-state index contributed by atoms with van der Waals surface area (Å²) >= 11 is 0. The lowest BCUT2D eigenvalue weighted by Gasteiger charge is -2.23. The predicted molar refractivity (Wildman–Crippen MR) is 84.9 cm³/mol. The maximum atomic E-state index is 12.1. The summed E-state index contributed by atoms with van der Waals surface area (Å²) in [5.74, 6) is 0.668. The number of nitrogens with zero attached hydrogens (tertiary/aromatic N) is 2. The molecular weight excluding hydrogens is 264 g/mol. The Kier molecular flexibility index (Phi) is 4.05. The molecule has 1 aromatic carbocycles. The van der Waals surface area contributed by atoms with Crippen molar-refractivity contribution in [2.75, 3.05) is 0 Å². The molecular formula is C16H24N4O. The van der Waals surface area contributed by atoms with Gasteiger partial charge in [0.05, 0.1) is 22.6 Å². The van der Waals surface area contributed by atoms with Crippen LogP contribution in [0.5, 0.6) is 0 Å². The van der Waals surface area contributed by atoms with Crippen LogP contribution in [-0.2, 0) is 4.79 Å². The Hall–Kier alpha value is -1.88. The molecule has 0 saturated carbocycles. The summed E-state index contributed by atoms with van der Waals surface area (Å²) in [4.78, 5) is 16.7. The molecule has 0 aliphatic carbocycles. The molecule has 0 aliphatic rings. The van der Waals surface area contributed by atoms with Gasteiger partial charge in [0.1, 0.15) is 5.82 Å². The third-order valence-electron chi connectivity index (χ3n) is 3.46. The third-order valence-corrected chi connectivity index (χ3v) is 3.46. The predicted octanol–water partition coefficient (Wildman–Crippen LogP) is 2.53. The first-order valence-electron chi connectivity index (χ1n) is 7.28. The van der Waals surface area contributed by atoms with E-state index in [1.807, 2.05) is 31.2 Å². The lowest BCUT2D eigenvalue weighted by molar-refractivity contribution is -0.125. The zero-order chi connectivity index (χ0) is 15.8.